The molecule has 2 aliphatic rings. The van der Waals surface area contributed by atoms with Crippen molar-refractivity contribution in [2.24, 2.45) is 5.92 Å². The molecule has 1 aromatic heterocycles. The minimum Gasteiger partial charge on any atom is -0.612 e. The molecule has 0 bridgehead atoms. The molecular weight excluding hydrogens is 598 g/mol. The Morgan fingerprint density at radius 2 is 1.76 bits per heavy atom. The third kappa shape index (κ3) is 6.95. The maximum atomic E-state index is 14.4. The highest BCUT2D eigenvalue weighted by molar-refractivity contribution is 7.90. The smallest absolute Gasteiger partial charge is 0.225 e. The van der Waals surface area contributed by atoms with Crippen LogP contribution in [0.3, 0.4) is 0 Å². The predicted octanol–water partition coefficient (Wildman–Crippen LogP) is 7.08. The zero-order valence-corrected chi connectivity index (χ0v) is 27.6. The van der Waals surface area contributed by atoms with Gasteiger partial charge in [-0.15, -0.1) is 0 Å². The van der Waals surface area contributed by atoms with Gasteiger partial charge in [0.15, 0.2) is 4.90 Å². The molecule has 1 fully saturated rings. The maximum Gasteiger partial charge on any atom is 0.225 e. The van der Waals surface area contributed by atoms with Gasteiger partial charge in [-0.2, -0.15) is 4.98 Å². The Labute approximate surface area is 273 Å². The SMILES string of the molecule is CC1=C(CC(=O)NC[C@H]2CC[C@@H](Nc3nc(N(C)C)c4ccccc4n3)CC2)c2cc(F)ccc2/C1=C/c1ccc([S+](C)[O-])cc1. The summed E-state index contributed by atoms with van der Waals surface area (Å²) in [5, 5.41) is 7.75. The number of fused-ring (bicyclic) bond motifs is 2. The van der Waals surface area contributed by atoms with Crippen molar-refractivity contribution in [3.63, 3.8) is 0 Å². The zero-order valence-electron chi connectivity index (χ0n) is 26.8. The second-order valence-corrected chi connectivity index (χ2v) is 13.9. The minimum absolute atomic E-state index is 0.0541. The van der Waals surface area contributed by atoms with Gasteiger partial charge in [0.2, 0.25) is 11.9 Å². The number of anilines is 2. The number of carbonyl (C=O) groups is 1. The lowest BCUT2D eigenvalue weighted by molar-refractivity contribution is -0.120. The van der Waals surface area contributed by atoms with Gasteiger partial charge in [0.25, 0.3) is 0 Å². The molecule has 1 unspecified atom stereocenters. The normalized spacial score (nSPS) is 19.3. The summed E-state index contributed by atoms with van der Waals surface area (Å²) < 4.78 is 26.2. The number of allylic oxidation sites excluding steroid dienone is 2. The molecule has 2 aliphatic carbocycles. The van der Waals surface area contributed by atoms with E-state index in [4.69, 9.17) is 9.97 Å². The molecule has 1 heterocycles. The molecule has 2 N–H and O–H groups in total. The molecule has 0 saturated heterocycles. The highest BCUT2D eigenvalue weighted by Gasteiger charge is 2.27. The lowest BCUT2D eigenvalue weighted by atomic mass is 9.86. The largest absolute Gasteiger partial charge is 0.612 e. The number of nitrogens with one attached hydrogen (secondary N) is 2. The number of nitrogens with zero attached hydrogens (tertiary/aromatic N) is 3. The summed E-state index contributed by atoms with van der Waals surface area (Å²) in [7, 11) is 3.99. The molecule has 46 heavy (non-hydrogen) atoms. The second kappa shape index (κ2) is 13.6. The Hall–Kier alpha value is -4.21. The summed E-state index contributed by atoms with van der Waals surface area (Å²) in [5.41, 5.74) is 6.37. The molecule has 1 atom stereocenters. The lowest BCUT2D eigenvalue weighted by Gasteiger charge is -2.29. The number of halogens is 1. The molecule has 4 aromatic rings. The van der Waals surface area contributed by atoms with Crippen LogP contribution >= 0.6 is 0 Å². The topological polar surface area (TPSA) is 93.2 Å². The van der Waals surface area contributed by atoms with E-state index in [1.165, 1.54) is 12.1 Å². The highest BCUT2D eigenvalue weighted by Crippen LogP contribution is 2.44. The summed E-state index contributed by atoms with van der Waals surface area (Å²) >= 11 is -1.05. The van der Waals surface area contributed by atoms with Crippen LogP contribution in [-0.2, 0) is 16.0 Å². The number of benzene rings is 3. The lowest BCUT2D eigenvalue weighted by Crippen LogP contribution is -2.34. The molecule has 3 aromatic carbocycles. The number of amides is 1. The first-order valence-electron chi connectivity index (χ1n) is 15.8. The average Bonchev–Trinajstić information content (AvgIpc) is 3.29. The molecule has 7 nitrogen and oxygen atoms in total. The molecule has 0 radical (unpaired) electrons. The van der Waals surface area contributed by atoms with Crippen molar-refractivity contribution in [1.29, 1.82) is 0 Å². The van der Waals surface area contributed by atoms with E-state index >= 15 is 0 Å². The molecule has 1 amide bonds. The van der Waals surface area contributed by atoms with Crippen molar-refractivity contribution in [1.82, 2.24) is 15.3 Å². The van der Waals surface area contributed by atoms with Crippen molar-refractivity contribution in [2.45, 2.75) is 50.0 Å². The van der Waals surface area contributed by atoms with E-state index in [-0.39, 0.29) is 24.2 Å². The molecule has 0 aliphatic heterocycles. The van der Waals surface area contributed by atoms with Crippen molar-refractivity contribution in [3.05, 3.63) is 94.8 Å². The van der Waals surface area contributed by atoms with E-state index in [0.29, 0.717) is 18.4 Å². The maximum absolute atomic E-state index is 14.4. The number of hydrogen-bond acceptors (Lipinski definition) is 6. The molecular formula is C37H40FN5O2S. The van der Waals surface area contributed by atoms with Crippen LogP contribution < -0.4 is 15.5 Å². The highest BCUT2D eigenvalue weighted by atomic mass is 32.2. The standard InChI is InChI=1S/C37H40FN5O2S/c1-23-31(19-24-11-16-28(17-12-24)46(4)45)29-18-13-26(38)20-33(29)32(23)21-35(44)39-22-25-9-14-27(15-10-25)40-37-41-34-8-6-5-7-30(34)36(42-37)43(2)3/h5-8,11-13,16-20,25,27H,9-10,14-15,21-22H2,1-4H3,(H,39,44)(H,40,41,42)/b31-19+/t25-,27+,46?. The summed E-state index contributed by atoms with van der Waals surface area (Å²) in [6.07, 6.45) is 7.86. The Morgan fingerprint density at radius 3 is 2.48 bits per heavy atom. The van der Waals surface area contributed by atoms with Gasteiger partial charge >= 0.3 is 0 Å². The summed E-state index contributed by atoms with van der Waals surface area (Å²) in [6.45, 7) is 2.62. The number of aromatic nitrogens is 2. The van der Waals surface area contributed by atoms with Crippen LogP contribution in [0.25, 0.3) is 28.1 Å². The first kappa shape index (κ1) is 31.8. The van der Waals surface area contributed by atoms with Crippen LogP contribution in [0, 0.1) is 11.7 Å². The van der Waals surface area contributed by atoms with E-state index in [2.05, 4.69) is 16.7 Å². The summed E-state index contributed by atoms with van der Waals surface area (Å²) in [5.74, 6) is 1.57. The third-order valence-corrected chi connectivity index (χ3v) is 10.0. The Bertz CT molecular complexity index is 1810. The predicted molar refractivity (Wildman–Crippen MR) is 186 cm³/mol. The van der Waals surface area contributed by atoms with Crippen molar-refractivity contribution >= 4 is 57.0 Å². The fraction of sp³-hybridized carbons (Fsp3) is 0.324. The molecule has 238 valence electrons. The van der Waals surface area contributed by atoms with Gasteiger partial charge in [0, 0.05) is 32.1 Å². The van der Waals surface area contributed by atoms with Crippen molar-refractivity contribution in [3.8, 4) is 0 Å². The minimum atomic E-state index is -1.05. The fourth-order valence-electron chi connectivity index (χ4n) is 6.54. The Balaban J connectivity index is 1.07. The quantitative estimate of drug-likeness (QED) is 0.191. The van der Waals surface area contributed by atoms with Crippen LogP contribution in [0.2, 0.25) is 0 Å². The fourth-order valence-corrected chi connectivity index (χ4v) is 7.06. The van der Waals surface area contributed by atoms with Crippen LogP contribution in [0.1, 0.15) is 55.7 Å². The third-order valence-electron chi connectivity index (χ3n) is 9.09. The average molecular weight is 638 g/mol. The van der Waals surface area contributed by atoms with Gasteiger partial charge in [-0.05, 0) is 138 Å². The van der Waals surface area contributed by atoms with Crippen LogP contribution in [0.4, 0.5) is 16.2 Å². The zero-order chi connectivity index (χ0) is 32.4. The monoisotopic (exact) mass is 637 g/mol. The van der Waals surface area contributed by atoms with E-state index in [1.54, 1.807) is 12.3 Å². The summed E-state index contributed by atoms with van der Waals surface area (Å²) in [6, 6.07) is 20.7. The molecule has 0 spiro atoms. The van der Waals surface area contributed by atoms with Gasteiger partial charge in [-0.3, -0.25) is 4.79 Å². The number of para-hydroxylation sites is 1. The van der Waals surface area contributed by atoms with Gasteiger partial charge in [0.05, 0.1) is 11.9 Å². The van der Waals surface area contributed by atoms with Crippen molar-refractivity contribution < 1.29 is 13.7 Å². The second-order valence-electron chi connectivity index (χ2n) is 12.5. The first-order chi connectivity index (χ1) is 22.2. The Kier molecular flexibility index (Phi) is 9.42. The summed E-state index contributed by atoms with van der Waals surface area (Å²) in [4.78, 5) is 25.6. The first-order valence-corrected chi connectivity index (χ1v) is 17.3. The van der Waals surface area contributed by atoms with Crippen LogP contribution in [0.5, 0.6) is 0 Å². The van der Waals surface area contributed by atoms with Gasteiger partial charge < -0.3 is 20.1 Å². The van der Waals surface area contributed by atoms with Crippen LogP contribution in [0.15, 0.2) is 77.2 Å². The Morgan fingerprint density at radius 1 is 1.02 bits per heavy atom. The number of hydrogen-bond donors (Lipinski definition) is 2. The van der Waals surface area contributed by atoms with E-state index in [0.717, 1.165) is 80.7 Å². The van der Waals surface area contributed by atoms with E-state index < -0.39 is 11.2 Å². The van der Waals surface area contributed by atoms with E-state index in [9.17, 15) is 13.7 Å². The number of rotatable bonds is 9. The van der Waals surface area contributed by atoms with Gasteiger partial charge in [-0.1, -0.05) is 18.2 Å². The number of carbonyl (C=O) groups excluding carboxylic acids is 1. The molecule has 6 rings (SSSR count). The van der Waals surface area contributed by atoms with Crippen LogP contribution in [-0.4, -0.2) is 53.4 Å². The molecule has 9 heteroatoms. The van der Waals surface area contributed by atoms with E-state index in [1.807, 2.05) is 74.4 Å². The van der Waals surface area contributed by atoms with Gasteiger partial charge in [-0.25, -0.2) is 9.37 Å². The van der Waals surface area contributed by atoms with Crippen molar-refractivity contribution in [2.75, 3.05) is 37.1 Å². The van der Waals surface area contributed by atoms with Gasteiger partial charge in [0.1, 0.15) is 17.9 Å². The molecule has 1 saturated carbocycles.